The van der Waals surface area contributed by atoms with E-state index in [2.05, 4.69) is 4.98 Å². The standard InChI is InChI=1S/C14H14ClFN2/c1-10(12-5-3-4-6-13(12)16)18(2)14-8-7-11(15)9-17-14/h3-10H,1-2H3. The van der Waals surface area contributed by atoms with Gasteiger partial charge in [-0.15, -0.1) is 0 Å². The van der Waals surface area contributed by atoms with Crippen LogP contribution in [0, 0.1) is 5.82 Å². The van der Waals surface area contributed by atoms with Gasteiger partial charge in [-0.05, 0) is 25.1 Å². The van der Waals surface area contributed by atoms with Crippen LogP contribution in [0.5, 0.6) is 0 Å². The lowest BCUT2D eigenvalue weighted by Crippen LogP contribution is -2.23. The molecule has 0 bridgehead atoms. The SMILES string of the molecule is CC(c1ccccc1F)N(C)c1ccc(Cl)cn1. The third-order valence-electron chi connectivity index (χ3n) is 3.01. The molecule has 1 atom stereocenters. The second-order valence-corrected chi connectivity index (χ2v) is 4.58. The van der Waals surface area contributed by atoms with E-state index in [-0.39, 0.29) is 11.9 Å². The molecule has 0 spiro atoms. The molecule has 2 rings (SSSR count). The molecule has 1 heterocycles. The zero-order chi connectivity index (χ0) is 13.1. The summed E-state index contributed by atoms with van der Waals surface area (Å²) in [7, 11) is 1.88. The van der Waals surface area contributed by atoms with E-state index in [1.165, 1.54) is 6.07 Å². The van der Waals surface area contributed by atoms with E-state index in [9.17, 15) is 4.39 Å². The molecular formula is C14H14ClFN2. The fourth-order valence-corrected chi connectivity index (χ4v) is 1.91. The molecule has 0 aliphatic carbocycles. The first kappa shape index (κ1) is 12.8. The Morgan fingerprint density at radius 2 is 1.94 bits per heavy atom. The van der Waals surface area contributed by atoms with Gasteiger partial charge in [0.15, 0.2) is 0 Å². The van der Waals surface area contributed by atoms with E-state index in [4.69, 9.17) is 11.6 Å². The Hall–Kier alpha value is -1.61. The number of hydrogen-bond acceptors (Lipinski definition) is 2. The van der Waals surface area contributed by atoms with Crippen molar-refractivity contribution < 1.29 is 4.39 Å². The molecule has 0 aliphatic heterocycles. The first-order chi connectivity index (χ1) is 8.59. The lowest BCUT2D eigenvalue weighted by atomic mass is 10.1. The Morgan fingerprint density at radius 3 is 2.56 bits per heavy atom. The van der Waals surface area contributed by atoms with Crippen LogP contribution in [0.2, 0.25) is 5.02 Å². The summed E-state index contributed by atoms with van der Waals surface area (Å²) < 4.78 is 13.7. The second kappa shape index (κ2) is 5.36. The number of rotatable bonds is 3. The average Bonchev–Trinajstić information content (AvgIpc) is 2.38. The van der Waals surface area contributed by atoms with Crippen LogP contribution in [0.4, 0.5) is 10.2 Å². The summed E-state index contributed by atoms with van der Waals surface area (Å²) in [5.41, 5.74) is 0.650. The molecule has 4 heteroatoms. The van der Waals surface area contributed by atoms with E-state index < -0.39 is 0 Å². The molecule has 0 radical (unpaired) electrons. The van der Waals surface area contributed by atoms with Crippen molar-refractivity contribution >= 4 is 17.4 Å². The fourth-order valence-electron chi connectivity index (χ4n) is 1.80. The predicted octanol–water partition coefficient (Wildman–Crippen LogP) is 4.07. The number of halogens is 2. The normalized spacial score (nSPS) is 12.2. The van der Waals surface area contributed by atoms with Crippen LogP contribution in [0.3, 0.4) is 0 Å². The van der Waals surface area contributed by atoms with Gasteiger partial charge in [-0.3, -0.25) is 0 Å². The van der Waals surface area contributed by atoms with Crippen molar-refractivity contribution in [2.75, 3.05) is 11.9 Å². The highest BCUT2D eigenvalue weighted by Gasteiger charge is 2.16. The highest BCUT2D eigenvalue weighted by atomic mass is 35.5. The summed E-state index contributed by atoms with van der Waals surface area (Å²) in [5.74, 6) is 0.556. The van der Waals surface area contributed by atoms with Gasteiger partial charge < -0.3 is 4.90 Å². The minimum Gasteiger partial charge on any atom is -0.353 e. The average molecular weight is 265 g/mol. The Bertz CT molecular complexity index is 528. The lowest BCUT2D eigenvalue weighted by Gasteiger charge is -2.26. The van der Waals surface area contributed by atoms with Gasteiger partial charge in [0.1, 0.15) is 11.6 Å². The summed E-state index contributed by atoms with van der Waals surface area (Å²) in [5, 5.41) is 0.589. The van der Waals surface area contributed by atoms with Crippen molar-refractivity contribution in [1.82, 2.24) is 4.98 Å². The molecule has 0 aliphatic rings. The summed E-state index contributed by atoms with van der Waals surface area (Å²) >= 11 is 5.80. The van der Waals surface area contributed by atoms with Gasteiger partial charge in [0.25, 0.3) is 0 Å². The van der Waals surface area contributed by atoms with Crippen LogP contribution in [-0.4, -0.2) is 12.0 Å². The Balaban J connectivity index is 2.26. The number of benzene rings is 1. The quantitative estimate of drug-likeness (QED) is 0.831. The Morgan fingerprint density at radius 1 is 1.22 bits per heavy atom. The molecule has 94 valence electrons. The van der Waals surface area contributed by atoms with Gasteiger partial charge in [0.2, 0.25) is 0 Å². The number of nitrogens with zero attached hydrogens (tertiary/aromatic N) is 2. The highest BCUT2D eigenvalue weighted by Crippen LogP contribution is 2.25. The van der Waals surface area contributed by atoms with Crippen molar-refractivity contribution in [2.24, 2.45) is 0 Å². The van der Waals surface area contributed by atoms with E-state index >= 15 is 0 Å². The van der Waals surface area contributed by atoms with Crippen molar-refractivity contribution in [2.45, 2.75) is 13.0 Å². The van der Waals surface area contributed by atoms with Crippen LogP contribution in [0.1, 0.15) is 18.5 Å². The molecule has 1 aromatic heterocycles. The summed E-state index contributed by atoms with van der Waals surface area (Å²) in [6, 6.07) is 10.3. The zero-order valence-corrected chi connectivity index (χ0v) is 11.0. The molecule has 0 N–H and O–H groups in total. The molecule has 1 unspecified atom stereocenters. The monoisotopic (exact) mass is 264 g/mol. The third-order valence-corrected chi connectivity index (χ3v) is 3.23. The van der Waals surface area contributed by atoms with E-state index in [1.54, 1.807) is 24.4 Å². The fraction of sp³-hybridized carbons (Fsp3) is 0.214. The van der Waals surface area contributed by atoms with Crippen LogP contribution < -0.4 is 4.90 Å². The zero-order valence-electron chi connectivity index (χ0n) is 10.3. The molecule has 2 nitrogen and oxygen atoms in total. The van der Waals surface area contributed by atoms with Crippen molar-refractivity contribution in [3.63, 3.8) is 0 Å². The maximum atomic E-state index is 13.7. The van der Waals surface area contributed by atoms with E-state index in [0.29, 0.717) is 10.6 Å². The molecule has 2 aromatic rings. The number of aromatic nitrogens is 1. The number of anilines is 1. The van der Waals surface area contributed by atoms with Crippen molar-refractivity contribution in [1.29, 1.82) is 0 Å². The van der Waals surface area contributed by atoms with Gasteiger partial charge in [0.05, 0.1) is 11.1 Å². The first-order valence-electron chi connectivity index (χ1n) is 5.68. The van der Waals surface area contributed by atoms with Gasteiger partial charge in [0, 0.05) is 18.8 Å². The summed E-state index contributed by atoms with van der Waals surface area (Å²) in [6.45, 7) is 1.94. The number of pyridine rings is 1. The molecule has 0 saturated heterocycles. The Labute approximate surface area is 111 Å². The molecule has 0 saturated carbocycles. The predicted molar refractivity (Wildman–Crippen MR) is 72.5 cm³/mol. The van der Waals surface area contributed by atoms with Crippen LogP contribution >= 0.6 is 11.6 Å². The molecule has 18 heavy (non-hydrogen) atoms. The number of hydrogen-bond donors (Lipinski definition) is 0. The van der Waals surface area contributed by atoms with Gasteiger partial charge in [-0.1, -0.05) is 29.8 Å². The second-order valence-electron chi connectivity index (χ2n) is 4.14. The summed E-state index contributed by atoms with van der Waals surface area (Å²) in [4.78, 5) is 6.14. The molecule has 0 fully saturated rings. The lowest BCUT2D eigenvalue weighted by molar-refractivity contribution is 0.584. The Kier molecular flexibility index (Phi) is 3.82. The van der Waals surface area contributed by atoms with E-state index in [0.717, 1.165) is 5.82 Å². The van der Waals surface area contributed by atoms with Gasteiger partial charge in [-0.2, -0.15) is 0 Å². The maximum absolute atomic E-state index is 13.7. The maximum Gasteiger partial charge on any atom is 0.128 e. The van der Waals surface area contributed by atoms with Crippen molar-refractivity contribution in [3.8, 4) is 0 Å². The largest absolute Gasteiger partial charge is 0.353 e. The molecular weight excluding hydrogens is 251 g/mol. The van der Waals surface area contributed by atoms with Crippen LogP contribution in [0.15, 0.2) is 42.6 Å². The van der Waals surface area contributed by atoms with Gasteiger partial charge >= 0.3 is 0 Å². The topological polar surface area (TPSA) is 16.1 Å². The van der Waals surface area contributed by atoms with Crippen LogP contribution in [-0.2, 0) is 0 Å². The minimum atomic E-state index is -0.203. The van der Waals surface area contributed by atoms with Crippen LogP contribution in [0.25, 0.3) is 0 Å². The first-order valence-corrected chi connectivity index (χ1v) is 6.06. The minimum absolute atomic E-state index is 0.0973. The third kappa shape index (κ3) is 2.62. The highest BCUT2D eigenvalue weighted by molar-refractivity contribution is 6.30. The summed E-state index contributed by atoms with van der Waals surface area (Å²) in [6.07, 6.45) is 1.58. The molecule has 1 aromatic carbocycles. The smallest absolute Gasteiger partial charge is 0.128 e. The molecule has 0 amide bonds. The van der Waals surface area contributed by atoms with Crippen molar-refractivity contribution in [3.05, 3.63) is 59.0 Å². The van der Waals surface area contributed by atoms with E-state index in [1.807, 2.05) is 31.0 Å². The van der Waals surface area contributed by atoms with Gasteiger partial charge in [-0.25, -0.2) is 9.37 Å².